The van der Waals surface area contributed by atoms with Crippen molar-refractivity contribution in [2.45, 2.75) is 12.6 Å². The molecule has 7 heteroatoms. The van der Waals surface area contributed by atoms with Crippen LogP contribution in [0.15, 0.2) is 41.1 Å². The van der Waals surface area contributed by atoms with Crippen molar-refractivity contribution in [2.24, 2.45) is 0 Å². The van der Waals surface area contributed by atoms with Crippen molar-refractivity contribution in [2.75, 3.05) is 11.9 Å². The van der Waals surface area contributed by atoms with Gasteiger partial charge in [0, 0.05) is 12.2 Å². The van der Waals surface area contributed by atoms with Gasteiger partial charge in [-0.2, -0.15) is 24.5 Å². The largest absolute Gasteiger partial charge is 0.416 e. The molecule has 1 aromatic carbocycles. The van der Waals surface area contributed by atoms with Crippen LogP contribution in [0.5, 0.6) is 0 Å². The van der Waals surface area contributed by atoms with Crippen LogP contribution >= 0.6 is 11.3 Å². The summed E-state index contributed by atoms with van der Waals surface area (Å²) in [4.78, 5) is 11.6. The molecule has 0 saturated carbocycles. The number of benzene rings is 1. The summed E-state index contributed by atoms with van der Waals surface area (Å²) in [5.41, 5.74) is 0.705. The number of carbonyl (C=O) groups excluding carboxylic acids is 1. The molecule has 0 atom stereocenters. The molecule has 0 saturated heterocycles. The zero-order chi connectivity index (χ0) is 15.3. The summed E-state index contributed by atoms with van der Waals surface area (Å²) in [6.07, 6.45) is -3.66. The second-order valence-electron chi connectivity index (χ2n) is 4.34. The first-order valence-electron chi connectivity index (χ1n) is 6.18. The maximum Gasteiger partial charge on any atom is 0.416 e. The summed E-state index contributed by atoms with van der Waals surface area (Å²) in [5, 5.41) is 9.08. The van der Waals surface area contributed by atoms with Crippen LogP contribution in [0.3, 0.4) is 0 Å². The van der Waals surface area contributed by atoms with Crippen molar-refractivity contribution in [1.29, 1.82) is 0 Å². The fourth-order valence-corrected chi connectivity index (χ4v) is 2.38. The van der Waals surface area contributed by atoms with E-state index in [1.807, 2.05) is 16.8 Å². The molecule has 0 radical (unpaired) electrons. The van der Waals surface area contributed by atoms with Crippen LogP contribution in [-0.2, 0) is 12.6 Å². The lowest BCUT2D eigenvalue weighted by Gasteiger charge is -2.09. The average Bonchev–Trinajstić information content (AvgIpc) is 2.91. The Balaban J connectivity index is 1.79. The maximum absolute atomic E-state index is 12.4. The van der Waals surface area contributed by atoms with Crippen LogP contribution in [0.4, 0.5) is 23.7 Å². The number of hydrogen-bond acceptors (Lipinski definition) is 2. The number of halogens is 3. The number of thiophene rings is 1. The monoisotopic (exact) mass is 314 g/mol. The first-order chi connectivity index (χ1) is 9.95. The van der Waals surface area contributed by atoms with E-state index in [9.17, 15) is 18.0 Å². The van der Waals surface area contributed by atoms with E-state index in [2.05, 4.69) is 10.6 Å². The predicted molar refractivity (Wildman–Crippen MR) is 76.5 cm³/mol. The highest BCUT2D eigenvalue weighted by atomic mass is 32.1. The summed E-state index contributed by atoms with van der Waals surface area (Å²) < 4.78 is 37.2. The topological polar surface area (TPSA) is 41.1 Å². The van der Waals surface area contributed by atoms with Crippen LogP contribution in [0.25, 0.3) is 0 Å². The normalized spacial score (nSPS) is 11.2. The highest BCUT2D eigenvalue weighted by Crippen LogP contribution is 2.29. The van der Waals surface area contributed by atoms with Gasteiger partial charge in [-0.25, -0.2) is 4.79 Å². The summed E-state index contributed by atoms with van der Waals surface area (Å²) in [5.74, 6) is 0. The third kappa shape index (κ3) is 4.78. The van der Waals surface area contributed by atoms with Gasteiger partial charge >= 0.3 is 12.2 Å². The second-order valence-corrected chi connectivity index (χ2v) is 5.12. The Hall–Kier alpha value is -2.02. The minimum atomic E-state index is -4.37. The third-order valence-electron chi connectivity index (χ3n) is 2.75. The van der Waals surface area contributed by atoms with Gasteiger partial charge in [0.15, 0.2) is 0 Å². The molecule has 0 aliphatic heterocycles. The van der Waals surface area contributed by atoms with Gasteiger partial charge in [0.1, 0.15) is 0 Å². The SMILES string of the molecule is O=C(NCCc1ccsc1)Nc1ccc(C(F)(F)F)cc1. The molecule has 2 N–H and O–H groups in total. The molecule has 0 spiro atoms. The molecule has 2 aromatic rings. The Bertz CT molecular complexity index is 579. The lowest BCUT2D eigenvalue weighted by Crippen LogP contribution is -2.30. The number of amides is 2. The summed E-state index contributed by atoms with van der Waals surface area (Å²) in [6.45, 7) is 0.462. The molecule has 0 aliphatic rings. The quantitative estimate of drug-likeness (QED) is 0.875. The molecular formula is C14H13F3N2OS. The standard InChI is InChI=1S/C14H13F3N2OS/c15-14(16,17)11-1-3-12(4-2-11)19-13(20)18-7-5-10-6-8-21-9-10/h1-4,6,8-9H,5,7H2,(H2,18,19,20). The number of carbonyl (C=O) groups is 1. The molecule has 0 fully saturated rings. The van der Waals surface area contributed by atoms with Gasteiger partial charge in [-0.1, -0.05) is 0 Å². The molecule has 3 nitrogen and oxygen atoms in total. The van der Waals surface area contributed by atoms with Gasteiger partial charge in [-0.15, -0.1) is 0 Å². The van der Waals surface area contributed by atoms with Gasteiger partial charge in [-0.05, 0) is 53.1 Å². The highest BCUT2D eigenvalue weighted by molar-refractivity contribution is 7.07. The van der Waals surface area contributed by atoms with Crippen LogP contribution in [-0.4, -0.2) is 12.6 Å². The Morgan fingerprint density at radius 1 is 1.14 bits per heavy atom. The minimum Gasteiger partial charge on any atom is -0.338 e. The Morgan fingerprint density at radius 2 is 1.86 bits per heavy atom. The lowest BCUT2D eigenvalue weighted by atomic mass is 10.2. The third-order valence-corrected chi connectivity index (χ3v) is 3.48. The fourth-order valence-electron chi connectivity index (χ4n) is 1.67. The number of hydrogen-bond donors (Lipinski definition) is 2. The van der Waals surface area contributed by atoms with Crippen molar-refractivity contribution >= 4 is 23.1 Å². The van der Waals surface area contributed by atoms with Gasteiger partial charge in [0.05, 0.1) is 5.56 Å². The van der Waals surface area contributed by atoms with E-state index in [0.29, 0.717) is 18.7 Å². The van der Waals surface area contributed by atoms with Crippen molar-refractivity contribution in [3.63, 3.8) is 0 Å². The van der Waals surface area contributed by atoms with E-state index < -0.39 is 17.8 Å². The summed E-state index contributed by atoms with van der Waals surface area (Å²) in [6, 6.07) is 5.84. The summed E-state index contributed by atoms with van der Waals surface area (Å²) in [7, 11) is 0. The van der Waals surface area contributed by atoms with E-state index in [1.165, 1.54) is 12.1 Å². The Kier molecular flexibility index (Phi) is 4.85. The van der Waals surface area contributed by atoms with Crippen LogP contribution in [0.2, 0.25) is 0 Å². The summed E-state index contributed by atoms with van der Waals surface area (Å²) >= 11 is 1.58. The number of rotatable bonds is 4. The Morgan fingerprint density at radius 3 is 2.43 bits per heavy atom. The van der Waals surface area contributed by atoms with Crippen LogP contribution in [0, 0.1) is 0 Å². The first kappa shape index (κ1) is 15.4. The smallest absolute Gasteiger partial charge is 0.338 e. The van der Waals surface area contributed by atoms with Crippen molar-refractivity contribution in [3.8, 4) is 0 Å². The van der Waals surface area contributed by atoms with Crippen molar-refractivity contribution in [3.05, 3.63) is 52.2 Å². The average molecular weight is 314 g/mol. The highest BCUT2D eigenvalue weighted by Gasteiger charge is 2.29. The zero-order valence-corrected chi connectivity index (χ0v) is 11.7. The zero-order valence-electron chi connectivity index (χ0n) is 10.9. The molecule has 0 bridgehead atoms. The van der Waals surface area contributed by atoms with Crippen molar-refractivity contribution < 1.29 is 18.0 Å². The van der Waals surface area contributed by atoms with Crippen LogP contribution < -0.4 is 10.6 Å². The number of anilines is 1. The minimum absolute atomic E-state index is 0.316. The molecule has 0 aliphatic carbocycles. The molecule has 1 aromatic heterocycles. The second kappa shape index (κ2) is 6.62. The van der Waals surface area contributed by atoms with Gasteiger partial charge in [0.2, 0.25) is 0 Å². The van der Waals surface area contributed by atoms with Gasteiger partial charge < -0.3 is 10.6 Å². The molecule has 1 heterocycles. The number of alkyl halides is 3. The predicted octanol–water partition coefficient (Wildman–Crippen LogP) is 4.13. The number of nitrogens with one attached hydrogen (secondary N) is 2. The van der Waals surface area contributed by atoms with Crippen LogP contribution in [0.1, 0.15) is 11.1 Å². The van der Waals surface area contributed by atoms with E-state index in [4.69, 9.17) is 0 Å². The molecule has 2 rings (SSSR count). The molecule has 0 unspecified atom stereocenters. The van der Waals surface area contributed by atoms with E-state index in [1.54, 1.807) is 11.3 Å². The van der Waals surface area contributed by atoms with Gasteiger partial charge in [-0.3, -0.25) is 0 Å². The maximum atomic E-state index is 12.4. The fraction of sp³-hybridized carbons (Fsp3) is 0.214. The number of urea groups is 1. The molecular weight excluding hydrogens is 301 g/mol. The van der Waals surface area contributed by atoms with E-state index >= 15 is 0 Å². The lowest BCUT2D eigenvalue weighted by molar-refractivity contribution is -0.137. The molecule has 112 valence electrons. The van der Waals surface area contributed by atoms with E-state index in [0.717, 1.165) is 17.7 Å². The van der Waals surface area contributed by atoms with Gasteiger partial charge in [0.25, 0.3) is 0 Å². The van der Waals surface area contributed by atoms with E-state index in [-0.39, 0.29) is 0 Å². The first-order valence-corrected chi connectivity index (χ1v) is 7.12. The Labute approximate surface area is 123 Å². The molecule has 21 heavy (non-hydrogen) atoms. The molecule has 2 amide bonds. The van der Waals surface area contributed by atoms with Crippen molar-refractivity contribution in [1.82, 2.24) is 5.32 Å².